The second-order valence-electron chi connectivity index (χ2n) is 4.80. The molecule has 126 valence electrons. The molecule has 0 aromatic heterocycles. The molecule has 2 aromatic carbocycles. The van der Waals surface area contributed by atoms with Gasteiger partial charge in [-0.2, -0.15) is 5.26 Å². The van der Waals surface area contributed by atoms with Crippen molar-refractivity contribution in [3.05, 3.63) is 57.6 Å². The maximum absolute atomic E-state index is 12.2. The Balaban J connectivity index is 2.40. The van der Waals surface area contributed by atoms with Gasteiger partial charge in [0, 0.05) is 11.1 Å². The molecule has 25 heavy (non-hydrogen) atoms. The summed E-state index contributed by atoms with van der Waals surface area (Å²) in [5, 5.41) is 18.1. The molecule has 0 bridgehead atoms. The molecule has 1 N–H and O–H groups in total. The first-order chi connectivity index (χ1) is 11.8. The predicted octanol–water partition coefficient (Wildman–Crippen LogP) is 3.88. The van der Waals surface area contributed by atoms with Crippen LogP contribution in [0.2, 0.25) is 10.0 Å². The first-order valence-electron chi connectivity index (χ1n) is 6.78. The predicted molar refractivity (Wildman–Crippen MR) is 89.3 cm³/mol. The smallest absolute Gasteiger partial charge is 0.372 e. The maximum Gasteiger partial charge on any atom is 0.372 e. The average molecular weight is 378 g/mol. The molecule has 0 saturated carbocycles. The number of carbonyl (C=O) groups excluding carboxylic acids is 2. The van der Waals surface area contributed by atoms with Gasteiger partial charge in [-0.25, -0.2) is 4.79 Å². The van der Waals surface area contributed by atoms with E-state index >= 15 is 0 Å². The van der Waals surface area contributed by atoms with Crippen molar-refractivity contribution in [2.24, 2.45) is 0 Å². The molecule has 0 unspecified atom stereocenters. The number of carboxylic acids is 1. The van der Waals surface area contributed by atoms with Gasteiger partial charge in [0.1, 0.15) is 23.1 Å². The van der Waals surface area contributed by atoms with E-state index in [-0.39, 0.29) is 32.7 Å². The fourth-order valence-electron chi connectivity index (χ4n) is 1.96. The molecule has 6 nitrogen and oxygen atoms in total. The Labute approximate surface area is 152 Å². The lowest BCUT2D eigenvalue weighted by atomic mass is 10.0. The quantitative estimate of drug-likeness (QED) is 0.465. The van der Waals surface area contributed by atoms with Crippen molar-refractivity contribution in [2.45, 2.75) is 6.42 Å². The number of ketones is 2. The minimum absolute atomic E-state index is 0.00270. The zero-order chi connectivity index (χ0) is 18.6. The summed E-state index contributed by atoms with van der Waals surface area (Å²) in [5.41, 5.74) is 0.0204. The van der Waals surface area contributed by atoms with Crippen LogP contribution in [-0.2, 0) is 9.59 Å². The summed E-state index contributed by atoms with van der Waals surface area (Å²) in [5.74, 6) is -3.58. The van der Waals surface area contributed by atoms with Gasteiger partial charge in [0.25, 0.3) is 0 Å². The number of hydrogen-bond donors (Lipinski definition) is 1. The summed E-state index contributed by atoms with van der Waals surface area (Å²) in [6.45, 7) is 0. The monoisotopic (exact) mass is 377 g/mol. The Bertz CT molecular complexity index is 918. The number of carboxylic acid groups (broad SMARTS) is 1. The Kier molecular flexibility index (Phi) is 5.75. The van der Waals surface area contributed by atoms with E-state index in [9.17, 15) is 19.6 Å². The first kappa shape index (κ1) is 18.5. The first-order valence-corrected chi connectivity index (χ1v) is 7.54. The molecular formula is C17H9Cl2NO5. The van der Waals surface area contributed by atoms with Gasteiger partial charge >= 0.3 is 5.97 Å². The molecule has 0 amide bonds. The van der Waals surface area contributed by atoms with Gasteiger partial charge in [-0.3, -0.25) is 9.59 Å². The van der Waals surface area contributed by atoms with Crippen LogP contribution in [0.5, 0.6) is 11.5 Å². The molecule has 2 aromatic rings. The number of hydrogen-bond acceptors (Lipinski definition) is 5. The van der Waals surface area contributed by atoms with Crippen molar-refractivity contribution in [3.63, 3.8) is 0 Å². The molecule has 0 aliphatic carbocycles. The largest absolute Gasteiger partial charge is 0.475 e. The molecule has 0 spiro atoms. The van der Waals surface area contributed by atoms with E-state index in [0.717, 1.165) is 0 Å². The van der Waals surface area contributed by atoms with Crippen LogP contribution < -0.4 is 4.74 Å². The third kappa shape index (κ3) is 4.35. The molecule has 0 atom stereocenters. The van der Waals surface area contributed by atoms with Crippen LogP contribution in [0.15, 0.2) is 36.4 Å². The lowest BCUT2D eigenvalue weighted by Crippen LogP contribution is -2.17. The average Bonchev–Trinajstić information content (AvgIpc) is 2.54. The van der Waals surface area contributed by atoms with Gasteiger partial charge in [-0.15, -0.1) is 0 Å². The van der Waals surface area contributed by atoms with Gasteiger partial charge < -0.3 is 9.84 Å². The Morgan fingerprint density at radius 2 is 1.80 bits per heavy atom. The highest BCUT2D eigenvalue weighted by atomic mass is 35.5. The number of halogens is 2. The van der Waals surface area contributed by atoms with Crippen LogP contribution in [0.3, 0.4) is 0 Å². The van der Waals surface area contributed by atoms with Crippen LogP contribution in [0, 0.1) is 11.3 Å². The van der Waals surface area contributed by atoms with E-state index in [4.69, 9.17) is 33.0 Å². The number of para-hydroxylation sites is 1. The fraction of sp³-hybridized carbons (Fsp3) is 0.0588. The van der Waals surface area contributed by atoms with Crippen molar-refractivity contribution in [3.8, 4) is 17.6 Å². The summed E-state index contributed by atoms with van der Waals surface area (Å²) >= 11 is 11.8. The van der Waals surface area contributed by atoms with Crippen LogP contribution in [0.25, 0.3) is 0 Å². The maximum atomic E-state index is 12.2. The van der Waals surface area contributed by atoms with Crippen LogP contribution in [-0.4, -0.2) is 22.6 Å². The highest BCUT2D eigenvalue weighted by molar-refractivity contribution is 6.37. The minimum atomic E-state index is -1.69. The Hall–Kier alpha value is -2.88. The van der Waals surface area contributed by atoms with Crippen molar-refractivity contribution in [2.75, 3.05) is 0 Å². The van der Waals surface area contributed by atoms with Crippen LogP contribution in [0.4, 0.5) is 0 Å². The van der Waals surface area contributed by atoms with Gasteiger partial charge in [0.05, 0.1) is 17.0 Å². The summed E-state index contributed by atoms with van der Waals surface area (Å²) in [6.07, 6.45) is -0.808. The number of aliphatic carboxylic acids is 1. The van der Waals surface area contributed by atoms with E-state index in [2.05, 4.69) is 0 Å². The number of rotatable bonds is 6. The van der Waals surface area contributed by atoms with Crippen LogP contribution in [0.1, 0.15) is 22.3 Å². The number of carbonyl (C=O) groups is 3. The number of nitrogens with zero attached hydrogens (tertiary/aromatic N) is 1. The second-order valence-corrected chi connectivity index (χ2v) is 5.64. The summed E-state index contributed by atoms with van der Waals surface area (Å²) < 4.78 is 5.59. The lowest BCUT2D eigenvalue weighted by Gasteiger charge is -2.12. The summed E-state index contributed by atoms with van der Waals surface area (Å²) in [7, 11) is 0. The van der Waals surface area contributed by atoms with E-state index in [1.165, 1.54) is 30.3 Å². The molecule has 0 aliphatic heterocycles. The zero-order valence-corrected chi connectivity index (χ0v) is 14.0. The SMILES string of the molecule is N#Cc1c(Cl)cc(Cl)cc1Oc1ccccc1C(=O)CC(=O)C(=O)O. The molecule has 0 saturated heterocycles. The van der Waals surface area contributed by atoms with E-state index in [1.807, 2.05) is 6.07 Å². The van der Waals surface area contributed by atoms with Crippen molar-refractivity contribution in [1.82, 2.24) is 0 Å². The molecule has 2 rings (SSSR count). The zero-order valence-electron chi connectivity index (χ0n) is 12.5. The minimum Gasteiger partial charge on any atom is -0.475 e. The van der Waals surface area contributed by atoms with Crippen molar-refractivity contribution >= 4 is 40.7 Å². The van der Waals surface area contributed by atoms with E-state index in [1.54, 1.807) is 6.07 Å². The number of benzene rings is 2. The third-order valence-electron chi connectivity index (χ3n) is 3.10. The van der Waals surface area contributed by atoms with E-state index < -0.39 is 24.0 Å². The second kappa shape index (κ2) is 7.79. The normalized spacial score (nSPS) is 9.96. The molecule has 0 radical (unpaired) electrons. The molecule has 8 heteroatoms. The summed E-state index contributed by atoms with van der Waals surface area (Å²) in [4.78, 5) is 34.0. The number of ether oxygens (including phenoxy) is 1. The fourth-order valence-corrected chi connectivity index (χ4v) is 2.48. The van der Waals surface area contributed by atoms with Gasteiger partial charge in [-0.05, 0) is 18.2 Å². The van der Waals surface area contributed by atoms with Gasteiger partial charge in [0.15, 0.2) is 5.78 Å². The van der Waals surface area contributed by atoms with Gasteiger partial charge in [-0.1, -0.05) is 35.3 Å². The molecule has 0 aliphatic rings. The highest BCUT2D eigenvalue weighted by Gasteiger charge is 2.21. The molecule has 0 heterocycles. The van der Waals surface area contributed by atoms with Crippen molar-refractivity contribution in [1.29, 1.82) is 5.26 Å². The number of nitriles is 1. The molecule has 0 fully saturated rings. The van der Waals surface area contributed by atoms with Crippen molar-refractivity contribution < 1.29 is 24.2 Å². The number of Topliss-reactive ketones (excluding diaryl/α,β-unsaturated/α-hetero) is 2. The summed E-state index contributed by atoms with van der Waals surface area (Å²) in [6, 6.07) is 10.5. The topological polar surface area (TPSA) is 104 Å². The lowest BCUT2D eigenvalue weighted by molar-refractivity contribution is -0.148. The standard InChI is InChI=1S/C17H9Cl2NO5/c18-9-5-12(19)11(8-20)16(6-9)25-15-4-2-1-3-10(15)13(21)7-14(22)17(23)24/h1-6H,7H2,(H,23,24). The highest BCUT2D eigenvalue weighted by Crippen LogP contribution is 2.34. The Morgan fingerprint density at radius 3 is 2.44 bits per heavy atom. The Morgan fingerprint density at radius 1 is 1.12 bits per heavy atom. The third-order valence-corrected chi connectivity index (χ3v) is 3.61. The molecular weight excluding hydrogens is 369 g/mol. The van der Waals surface area contributed by atoms with E-state index in [0.29, 0.717) is 0 Å². The van der Waals surface area contributed by atoms with Crippen LogP contribution >= 0.6 is 23.2 Å². The van der Waals surface area contributed by atoms with Gasteiger partial charge in [0.2, 0.25) is 5.78 Å².